The molecule has 2 aromatic heterocycles. The highest BCUT2D eigenvalue weighted by molar-refractivity contribution is 7.22. The SMILES string of the molecule is CCC(C)c1ccc2nc(NC(=O)N3CCN(c4ncccc4C(F)(F)F)C[C@H]3C)sc2c1. The normalized spacial score (nSPS) is 17.9. The molecule has 1 unspecified atom stereocenters. The van der Waals surface area contributed by atoms with E-state index in [0.29, 0.717) is 11.0 Å². The molecule has 0 aliphatic carbocycles. The molecule has 0 saturated carbocycles. The van der Waals surface area contributed by atoms with Gasteiger partial charge in [0, 0.05) is 31.9 Å². The Bertz CT molecular complexity index is 1150. The van der Waals surface area contributed by atoms with Gasteiger partial charge in [0.15, 0.2) is 5.13 Å². The molecule has 176 valence electrons. The van der Waals surface area contributed by atoms with Crippen LogP contribution in [0.2, 0.25) is 0 Å². The van der Waals surface area contributed by atoms with E-state index in [1.165, 1.54) is 29.2 Å². The lowest BCUT2D eigenvalue weighted by Gasteiger charge is -2.40. The van der Waals surface area contributed by atoms with Crippen LogP contribution >= 0.6 is 11.3 Å². The third-order valence-electron chi connectivity index (χ3n) is 6.09. The van der Waals surface area contributed by atoms with Gasteiger partial charge in [0.2, 0.25) is 0 Å². The smallest absolute Gasteiger partial charge is 0.352 e. The number of alkyl halides is 3. The zero-order chi connectivity index (χ0) is 23.8. The molecule has 1 aromatic carbocycles. The predicted octanol–water partition coefficient (Wildman–Crippen LogP) is 5.97. The van der Waals surface area contributed by atoms with Gasteiger partial charge in [-0.25, -0.2) is 14.8 Å². The van der Waals surface area contributed by atoms with E-state index in [1.54, 1.807) is 9.80 Å². The van der Waals surface area contributed by atoms with Gasteiger partial charge >= 0.3 is 12.2 Å². The second-order valence-electron chi connectivity index (χ2n) is 8.35. The van der Waals surface area contributed by atoms with Crippen LogP contribution in [0.4, 0.5) is 28.9 Å². The molecule has 1 aliphatic rings. The molecule has 1 fully saturated rings. The average Bonchev–Trinajstić information content (AvgIpc) is 3.19. The van der Waals surface area contributed by atoms with E-state index in [0.717, 1.165) is 22.7 Å². The first-order chi connectivity index (χ1) is 15.7. The minimum atomic E-state index is -4.48. The number of anilines is 2. The number of benzene rings is 1. The van der Waals surface area contributed by atoms with Crippen molar-refractivity contribution in [3.05, 3.63) is 47.7 Å². The van der Waals surface area contributed by atoms with E-state index in [2.05, 4.69) is 41.3 Å². The molecule has 1 N–H and O–H groups in total. The lowest BCUT2D eigenvalue weighted by atomic mass is 9.99. The summed E-state index contributed by atoms with van der Waals surface area (Å²) < 4.78 is 41.1. The molecule has 1 saturated heterocycles. The van der Waals surface area contributed by atoms with Crippen molar-refractivity contribution in [3.63, 3.8) is 0 Å². The molecule has 2 atom stereocenters. The number of amides is 2. The van der Waals surface area contributed by atoms with Gasteiger partial charge in [0.1, 0.15) is 5.82 Å². The highest BCUT2D eigenvalue weighted by Gasteiger charge is 2.37. The Morgan fingerprint density at radius 2 is 2.09 bits per heavy atom. The number of fused-ring (bicyclic) bond motifs is 1. The van der Waals surface area contributed by atoms with Gasteiger partial charge in [-0.2, -0.15) is 13.2 Å². The number of aromatic nitrogens is 2. The molecule has 2 amide bonds. The fourth-order valence-electron chi connectivity index (χ4n) is 4.02. The maximum atomic E-state index is 13.4. The van der Waals surface area contributed by atoms with Gasteiger partial charge < -0.3 is 9.80 Å². The van der Waals surface area contributed by atoms with Crippen LogP contribution in [0.25, 0.3) is 10.2 Å². The number of pyridine rings is 1. The Morgan fingerprint density at radius 3 is 2.79 bits per heavy atom. The number of carbonyl (C=O) groups excluding carboxylic acids is 1. The van der Waals surface area contributed by atoms with Crippen molar-refractivity contribution in [1.29, 1.82) is 0 Å². The molecular weight excluding hydrogens is 451 g/mol. The topological polar surface area (TPSA) is 61.4 Å². The first-order valence-electron chi connectivity index (χ1n) is 10.9. The number of thiazole rings is 1. The lowest BCUT2D eigenvalue weighted by Crippen LogP contribution is -2.55. The van der Waals surface area contributed by atoms with E-state index in [9.17, 15) is 18.0 Å². The average molecular weight is 478 g/mol. The number of piperazine rings is 1. The largest absolute Gasteiger partial charge is 0.419 e. The summed E-state index contributed by atoms with van der Waals surface area (Å²) in [4.78, 5) is 24.6. The minimum Gasteiger partial charge on any atom is -0.352 e. The molecule has 0 bridgehead atoms. The van der Waals surface area contributed by atoms with Crippen molar-refractivity contribution in [2.75, 3.05) is 29.9 Å². The zero-order valence-corrected chi connectivity index (χ0v) is 19.5. The van der Waals surface area contributed by atoms with Crippen molar-refractivity contribution in [3.8, 4) is 0 Å². The Kier molecular flexibility index (Phi) is 6.47. The highest BCUT2D eigenvalue weighted by atomic mass is 32.1. The van der Waals surface area contributed by atoms with E-state index < -0.39 is 11.7 Å². The predicted molar refractivity (Wildman–Crippen MR) is 125 cm³/mol. The summed E-state index contributed by atoms with van der Waals surface area (Å²) in [7, 11) is 0. The third-order valence-corrected chi connectivity index (χ3v) is 7.02. The maximum absolute atomic E-state index is 13.4. The summed E-state index contributed by atoms with van der Waals surface area (Å²) in [6, 6.07) is 7.86. The van der Waals surface area contributed by atoms with Gasteiger partial charge in [-0.1, -0.05) is 31.3 Å². The van der Waals surface area contributed by atoms with Crippen LogP contribution in [0, 0.1) is 0 Å². The molecule has 33 heavy (non-hydrogen) atoms. The molecule has 4 rings (SSSR count). The molecule has 3 aromatic rings. The van der Waals surface area contributed by atoms with Gasteiger partial charge in [0.05, 0.1) is 15.8 Å². The molecule has 1 aliphatic heterocycles. The second-order valence-corrected chi connectivity index (χ2v) is 9.38. The number of urea groups is 1. The monoisotopic (exact) mass is 477 g/mol. The lowest BCUT2D eigenvalue weighted by molar-refractivity contribution is -0.137. The van der Waals surface area contributed by atoms with Crippen molar-refractivity contribution in [2.45, 2.75) is 45.3 Å². The van der Waals surface area contributed by atoms with Gasteiger partial charge in [-0.15, -0.1) is 0 Å². The summed E-state index contributed by atoms with van der Waals surface area (Å²) in [5.41, 5.74) is 1.31. The van der Waals surface area contributed by atoms with Crippen LogP contribution < -0.4 is 10.2 Å². The Balaban J connectivity index is 1.45. The van der Waals surface area contributed by atoms with Crippen LogP contribution in [0.3, 0.4) is 0 Å². The van der Waals surface area contributed by atoms with Crippen molar-refractivity contribution < 1.29 is 18.0 Å². The molecular formula is C23H26F3N5OS. The Morgan fingerprint density at radius 1 is 1.30 bits per heavy atom. The van der Waals surface area contributed by atoms with E-state index in [1.807, 2.05) is 13.0 Å². The molecule has 0 radical (unpaired) electrons. The fraction of sp³-hybridized carbons (Fsp3) is 0.435. The van der Waals surface area contributed by atoms with Crippen LogP contribution in [-0.4, -0.2) is 46.6 Å². The number of carbonyl (C=O) groups is 1. The van der Waals surface area contributed by atoms with Crippen molar-refractivity contribution >= 4 is 38.5 Å². The molecule has 0 spiro atoms. The maximum Gasteiger partial charge on any atom is 0.419 e. The quantitative estimate of drug-likeness (QED) is 0.503. The highest BCUT2D eigenvalue weighted by Crippen LogP contribution is 2.36. The molecule has 6 nitrogen and oxygen atoms in total. The number of halogens is 3. The summed E-state index contributed by atoms with van der Waals surface area (Å²) in [5.74, 6) is 0.351. The first kappa shape index (κ1) is 23.3. The van der Waals surface area contributed by atoms with E-state index in [-0.39, 0.29) is 37.5 Å². The summed E-state index contributed by atoms with van der Waals surface area (Å²) in [6.07, 6.45) is -2.09. The number of nitrogens with one attached hydrogen (secondary N) is 1. The summed E-state index contributed by atoms with van der Waals surface area (Å²) >= 11 is 1.42. The first-order valence-corrected chi connectivity index (χ1v) is 11.7. The fourth-order valence-corrected chi connectivity index (χ4v) is 4.93. The van der Waals surface area contributed by atoms with Gasteiger partial charge in [0.25, 0.3) is 0 Å². The minimum absolute atomic E-state index is 0.0970. The zero-order valence-electron chi connectivity index (χ0n) is 18.7. The number of nitrogens with zero attached hydrogens (tertiary/aromatic N) is 4. The number of rotatable bonds is 4. The second kappa shape index (κ2) is 9.17. The van der Waals surface area contributed by atoms with Crippen LogP contribution in [-0.2, 0) is 6.18 Å². The number of hydrogen-bond donors (Lipinski definition) is 1. The van der Waals surface area contributed by atoms with Crippen molar-refractivity contribution in [1.82, 2.24) is 14.9 Å². The number of hydrogen-bond acceptors (Lipinski definition) is 5. The molecule has 3 heterocycles. The standard InChI is InChI=1S/C23H26F3N5OS/c1-4-14(2)16-7-8-18-19(12-16)33-21(28-18)29-22(32)31-11-10-30(13-15(31)3)20-17(23(24,25)26)6-5-9-27-20/h5-9,12,14-15H,4,10-11,13H2,1-3H3,(H,28,29,32)/t14?,15-/m1/s1. The Hall–Kier alpha value is -2.88. The Labute approximate surface area is 194 Å². The van der Waals surface area contributed by atoms with Crippen LogP contribution in [0.5, 0.6) is 0 Å². The van der Waals surface area contributed by atoms with E-state index >= 15 is 0 Å². The third kappa shape index (κ3) is 4.90. The van der Waals surface area contributed by atoms with Crippen LogP contribution in [0.15, 0.2) is 36.5 Å². The van der Waals surface area contributed by atoms with Gasteiger partial charge in [-0.05, 0) is 49.1 Å². The van der Waals surface area contributed by atoms with Crippen LogP contribution in [0.1, 0.15) is 44.2 Å². The van der Waals surface area contributed by atoms with Gasteiger partial charge in [-0.3, -0.25) is 5.32 Å². The van der Waals surface area contributed by atoms with Crippen molar-refractivity contribution in [2.24, 2.45) is 0 Å². The summed E-state index contributed by atoms with van der Waals surface area (Å²) in [6.45, 7) is 6.94. The summed E-state index contributed by atoms with van der Waals surface area (Å²) in [5, 5.41) is 3.37. The van der Waals surface area contributed by atoms with E-state index in [4.69, 9.17) is 0 Å². The molecule has 10 heteroatoms.